The normalized spacial score (nSPS) is 13.4. The number of nitrogens with one attached hydrogen (secondary N) is 1. The van der Waals surface area contributed by atoms with Crippen molar-refractivity contribution in [3.63, 3.8) is 0 Å². The van der Waals surface area contributed by atoms with E-state index in [9.17, 15) is 4.79 Å². The molecular weight excluding hydrogens is 310 g/mol. The van der Waals surface area contributed by atoms with Gasteiger partial charge in [-0.2, -0.15) is 0 Å². The van der Waals surface area contributed by atoms with Gasteiger partial charge in [-0.3, -0.25) is 4.79 Å². The smallest absolute Gasteiger partial charge is 0.261 e. The fourth-order valence-corrected chi connectivity index (χ4v) is 3.03. The van der Waals surface area contributed by atoms with Crippen molar-refractivity contribution < 1.29 is 9.53 Å². The van der Waals surface area contributed by atoms with Crippen LogP contribution in [0.1, 0.15) is 61.9 Å². The molecule has 0 aromatic heterocycles. The highest BCUT2D eigenvalue weighted by Crippen LogP contribution is 2.27. The van der Waals surface area contributed by atoms with Crippen LogP contribution < -0.4 is 10.1 Å². The standard InChI is InChI=1S/C22H29NO2/c1-14(2)19-9-7-8-10-21(19)25-18(6)22(24)23-17(5)20-12-11-15(3)13-16(20)4/h7-14,17-18H,1-6H3,(H,23,24)/t17-,18+/m1/s1. The predicted octanol–water partition coefficient (Wildman–Crippen LogP) is 5.07. The minimum atomic E-state index is -0.548. The fourth-order valence-electron chi connectivity index (χ4n) is 3.03. The van der Waals surface area contributed by atoms with E-state index in [-0.39, 0.29) is 11.9 Å². The summed E-state index contributed by atoms with van der Waals surface area (Å²) in [5.74, 6) is 1.02. The molecule has 0 heterocycles. The Morgan fingerprint density at radius 1 is 0.960 bits per heavy atom. The van der Waals surface area contributed by atoms with Gasteiger partial charge in [-0.25, -0.2) is 0 Å². The Hall–Kier alpha value is -2.29. The van der Waals surface area contributed by atoms with Gasteiger partial charge in [0.05, 0.1) is 6.04 Å². The van der Waals surface area contributed by atoms with Crippen molar-refractivity contribution in [2.24, 2.45) is 0 Å². The van der Waals surface area contributed by atoms with Crippen LogP contribution in [0, 0.1) is 13.8 Å². The van der Waals surface area contributed by atoms with E-state index in [1.807, 2.05) is 31.2 Å². The number of aryl methyl sites for hydroxylation is 2. The third-order valence-corrected chi connectivity index (χ3v) is 4.46. The van der Waals surface area contributed by atoms with Gasteiger partial charge in [0.2, 0.25) is 0 Å². The molecule has 0 saturated heterocycles. The van der Waals surface area contributed by atoms with Crippen LogP contribution >= 0.6 is 0 Å². The maximum Gasteiger partial charge on any atom is 0.261 e. The SMILES string of the molecule is Cc1ccc([C@@H](C)NC(=O)[C@H](C)Oc2ccccc2C(C)C)c(C)c1. The van der Waals surface area contributed by atoms with Crippen LogP contribution in [-0.2, 0) is 4.79 Å². The van der Waals surface area contributed by atoms with Crippen molar-refractivity contribution in [2.75, 3.05) is 0 Å². The third-order valence-electron chi connectivity index (χ3n) is 4.46. The Morgan fingerprint density at radius 3 is 2.28 bits per heavy atom. The van der Waals surface area contributed by atoms with E-state index < -0.39 is 6.10 Å². The molecule has 0 spiro atoms. The second kappa shape index (κ2) is 8.19. The minimum absolute atomic E-state index is 0.0560. The molecule has 0 aliphatic carbocycles. The molecule has 1 N–H and O–H groups in total. The molecule has 2 atom stereocenters. The summed E-state index contributed by atoms with van der Waals surface area (Å²) in [4.78, 5) is 12.6. The molecule has 0 unspecified atom stereocenters. The Bertz CT molecular complexity index is 737. The summed E-state index contributed by atoms with van der Waals surface area (Å²) in [7, 11) is 0. The molecule has 134 valence electrons. The maximum atomic E-state index is 12.6. The van der Waals surface area contributed by atoms with Crippen molar-refractivity contribution in [1.82, 2.24) is 5.32 Å². The Kier molecular flexibility index (Phi) is 6.24. The lowest BCUT2D eigenvalue weighted by Crippen LogP contribution is -2.38. The van der Waals surface area contributed by atoms with Crippen LogP contribution in [0.4, 0.5) is 0 Å². The molecule has 0 saturated carbocycles. The van der Waals surface area contributed by atoms with Crippen LogP contribution in [0.3, 0.4) is 0 Å². The fraction of sp³-hybridized carbons (Fsp3) is 0.409. The monoisotopic (exact) mass is 339 g/mol. The molecule has 0 aliphatic rings. The number of carbonyl (C=O) groups excluding carboxylic acids is 1. The van der Waals surface area contributed by atoms with Crippen LogP contribution in [0.25, 0.3) is 0 Å². The highest BCUT2D eigenvalue weighted by molar-refractivity contribution is 5.81. The first-order valence-corrected chi connectivity index (χ1v) is 8.92. The summed E-state index contributed by atoms with van der Waals surface area (Å²) in [6.45, 7) is 12.2. The molecule has 0 aliphatic heterocycles. The van der Waals surface area contributed by atoms with E-state index in [1.165, 1.54) is 11.1 Å². The molecule has 0 bridgehead atoms. The van der Waals surface area contributed by atoms with Gasteiger partial charge in [0.15, 0.2) is 6.10 Å². The van der Waals surface area contributed by atoms with Crippen LogP contribution in [0.15, 0.2) is 42.5 Å². The van der Waals surface area contributed by atoms with E-state index in [1.54, 1.807) is 6.92 Å². The molecule has 0 fully saturated rings. The van der Waals surface area contributed by atoms with E-state index in [2.05, 4.69) is 51.2 Å². The zero-order valence-electron chi connectivity index (χ0n) is 16.1. The van der Waals surface area contributed by atoms with Gasteiger partial charge in [0.25, 0.3) is 5.91 Å². The first-order valence-electron chi connectivity index (χ1n) is 8.92. The minimum Gasteiger partial charge on any atom is -0.481 e. The van der Waals surface area contributed by atoms with Gasteiger partial charge in [0, 0.05) is 0 Å². The third kappa shape index (κ3) is 4.85. The predicted molar refractivity (Wildman–Crippen MR) is 103 cm³/mol. The molecule has 3 heteroatoms. The second-order valence-corrected chi connectivity index (χ2v) is 7.04. The molecule has 2 aromatic carbocycles. The first kappa shape index (κ1) is 19.0. The lowest BCUT2D eigenvalue weighted by Gasteiger charge is -2.22. The van der Waals surface area contributed by atoms with Crippen molar-refractivity contribution in [2.45, 2.75) is 59.6 Å². The van der Waals surface area contributed by atoms with E-state index in [0.717, 1.165) is 16.9 Å². The maximum absolute atomic E-state index is 12.6. The zero-order chi connectivity index (χ0) is 18.6. The highest BCUT2D eigenvalue weighted by atomic mass is 16.5. The average molecular weight is 339 g/mol. The van der Waals surface area contributed by atoms with Crippen molar-refractivity contribution in [1.29, 1.82) is 0 Å². The van der Waals surface area contributed by atoms with Gasteiger partial charge in [0.1, 0.15) is 5.75 Å². The van der Waals surface area contributed by atoms with Crippen molar-refractivity contribution in [3.8, 4) is 5.75 Å². The molecule has 25 heavy (non-hydrogen) atoms. The summed E-state index contributed by atoms with van der Waals surface area (Å²) >= 11 is 0. The summed E-state index contributed by atoms with van der Waals surface area (Å²) < 4.78 is 5.94. The lowest BCUT2D eigenvalue weighted by atomic mass is 10.00. The molecule has 0 radical (unpaired) electrons. The molecule has 2 aromatic rings. The Labute approximate surface area is 151 Å². The van der Waals surface area contributed by atoms with E-state index in [0.29, 0.717) is 5.92 Å². The Balaban J connectivity index is 2.05. The number of hydrogen-bond donors (Lipinski definition) is 1. The summed E-state index contributed by atoms with van der Waals surface area (Å²) in [6.07, 6.45) is -0.548. The first-order chi connectivity index (χ1) is 11.8. The van der Waals surface area contributed by atoms with Gasteiger partial charge in [-0.05, 0) is 56.4 Å². The molecule has 2 rings (SSSR count). The number of rotatable bonds is 6. The van der Waals surface area contributed by atoms with Gasteiger partial charge in [-0.1, -0.05) is 55.8 Å². The van der Waals surface area contributed by atoms with E-state index in [4.69, 9.17) is 4.74 Å². The van der Waals surface area contributed by atoms with Crippen molar-refractivity contribution in [3.05, 3.63) is 64.7 Å². The second-order valence-electron chi connectivity index (χ2n) is 7.04. The average Bonchev–Trinajstić information content (AvgIpc) is 2.54. The van der Waals surface area contributed by atoms with Crippen molar-refractivity contribution >= 4 is 5.91 Å². The number of para-hydroxylation sites is 1. The topological polar surface area (TPSA) is 38.3 Å². The van der Waals surface area contributed by atoms with E-state index >= 15 is 0 Å². The molecular formula is C22H29NO2. The lowest BCUT2D eigenvalue weighted by molar-refractivity contribution is -0.127. The van der Waals surface area contributed by atoms with Crippen LogP contribution in [-0.4, -0.2) is 12.0 Å². The largest absolute Gasteiger partial charge is 0.481 e. The van der Waals surface area contributed by atoms with Gasteiger partial charge in [-0.15, -0.1) is 0 Å². The van der Waals surface area contributed by atoms with Crippen LogP contribution in [0.5, 0.6) is 5.75 Å². The molecule has 3 nitrogen and oxygen atoms in total. The summed E-state index contributed by atoms with van der Waals surface area (Å²) in [5.41, 5.74) is 4.66. The molecule has 1 amide bonds. The van der Waals surface area contributed by atoms with Crippen LogP contribution in [0.2, 0.25) is 0 Å². The summed E-state index contributed by atoms with van der Waals surface area (Å²) in [6, 6.07) is 14.1. The quantitative estimate of drug-likeness (QED) is 0.798. The number of hydrogen-bond acceptors (Lipinski definition) is 2. The van der Waals surface area contributed by atoms with Gasteiger partial charge >= 0.3 is 0 Å². The zero-order valence-corrected chi connectivity index (χ0v) is 16.1. The number of carbonyl (C=O) groups is 1. The van der Waals surface area contributed by atoms with Gasteiger partial charge < -0.3 is 10.1 Å². The number of ether oxygens (including phenoxy) is 1. The summed E-state index contributed by atoms with van der Waals surface area (Å²) in [5, 5.41) is 3.06. The highest BCUT2D eigenvalue weighted by Gasteiger charge is 2.20. The number of amides is 1. The number of benzene rings is 2. The Morgan fingerprint density at radius 2 is 1.64 bits per heavy atom.